The molecule has 0 saturated heterocycles. The molecule has 144 valence electrons. The number of anilines is 1. The molecule has 1 aliphatic heterocycles. The molecule has 2 aliphatic rings. The summed E-state index contributed by atoms with van der Waals surface area (Å²) < 4.78 is 2.54. The van der Waals surface area contributed by atoms with Crippen LogP contribution < -0.4 is 4.90 Å². The Morgan fingerprint density at radius 2 is 1.89 bits per heavy atom. The number of benzene rings is 2. The summed E-state index contributed by atoms with van der Waals surface area (Å²) in [5, 5.41) is 0. The Morgan fingerprint density at radius 3 is 2.71 bits per heavy atom. The lowest BCUT2D eigenvalue weighted by Gasteiger charge is -2.24. The summed E-state index contributed by atoms with van der Waals surface area (Å²) in [6.45, 7) is 4.02. The highest BCUT2D eigenvalue weighted by atomic mass is 32.2. The van der Waals surface area contributed by atoms with Gasteiger partial charge in [-0.3, -0.25) is 0 Å². The second-order valence-electron chi connectivity index (χ2n) is 7.68. The molecule has 0 radical (unpaired) electrons. The highest BCUT2D eigenvalue weighted by Gasteiger charge is 2.24. The van der Waals surface area contributed by atoms with E-state index in [9.17, 15) is 0 Å². The number of rotatable bonds is 5. The number of aromatic amines is 1. The van der Waals surface area contributed by atoms with Crippen molar-refractivity contribution >= 4 is 17.6 Å². The maximum Gasteiger partial charge on any atom is 0.0923 e. The number of H-pyrrole nitrogens is 1. The zero-order chi connectivity index (χ0) is 18.8. The van der Waals surface area contributed by atoms with Gasteiger partial charge in [-0.15, -0.1) is 0 Å². The lowest BCUT2D eigenvalue weighted by molar-refractivity contribution is 0.480. The fraction of sp³-hybridized carbons (Fsp3) is 0.348. The SMILES string of the molecule is c1ccc(CCN2CCN(Cc3c[nH]cn3)c3cc4c(cc3S2)CCC4)cc1. The smallest absolute Gasteiger partial charge is 0.0923 e. The summed E-state index contributed by atoms with van der Waals surface area (Å²) in [6, 6.07) is 15.7. The van der Waals surface area contributed by atoms with E-state index >= 15 is 0 Å². The molecule has 0 bridgehead atoms. The average Bonchev–Trinajstić information content (AvgIpc) is 3.37. The second kappa shape index (κ2) is 8.02. The van der Waals surface area contributed by atoms with Crippen LogP contribution in [0.5, 0.6) is 0 Å². The van der Waals surface area contributed by atoms with Crippen molar-refractivity contribution in [1.29, 1.82) is 0 Å². The van der Waals surface area contributed by atoms with Gasteiger partial charge in [-0.05, 0) is 66.5 Å². The van der Waals surface area contributed by atoms with Crippen molar-refractivity contribution in [2.75, 3.05) is 24.5 Å². The van der Waals surface area contributed by atoms with E-state index in [4.69, 9.17) is 0 Å². The summed E-state index contributed by atoms with van der Waals surface area (Å²) in [5.41, 5.74) is 7.00. The normalized spacial score (nSPS) is 16.6. The maximum atomic E-state index is 4.46. The molecule has 4 nitrogen and oxygen atoms in total. The van der Waals surface area contributed by atoms with Gasteiger partial charge in [-0.25, -0.2) is 9.29 Å². The van der Waals surface area contributed by atoms with Gasteiger partial charge in [-0.2, -0.15) is 0 Å². The number of hydrogen-bond acceptors (Lipinski definition) is 4. The van der Waals surface area contributed by atoms with Crippen LogP contribution in [-0.2, 0) is 25.8 Å². The van der Waals surface area contributed by atoms with Crippen LogP contribution >= 0.6 is 11.9 Å². The third-order valence-electron chi connectivity index (χ3n) is 5.76. The Hall–Kier alpha value is -2.24. The van der Waals surface area contributed by atoms with E-state index in [0.29, 0.717) is 0 Å². The number of nitrogens with zero attached hydrogens (tertiary/aromatic N) is 3. The predicted molar refractivity (Wildman–Crippen MR) is 116 cm³/mol. The molecule has 1 aromatic heterocycles. The van der Waals surface area contributed by atoms with Gasteiger partial charge in [0.05, 0.1) is 24.3 Å². The highest BCUT2D eigenvalue weighted by Crippen LogP contribution is 2.40. The highest BCUT2D eigenvalue weighted by molar-refractivity contribution is 7.97. The molecule has 1 N–H and O–H groups in total. The number of fused-ring (bicyclic) bond motifs is 2. The van der Waals surface area contributed by atoms with Crippen LogP contribution in [0.3, 0.4) is 0 Å². The second-order valence-corrected chi connectivity index (χ2v) is 8.82. The molecule has 0 fully saturated rings. The molecule has 2 heterocycles. The van der Waals surface area contributed by atoms with Crippen LogP contribution in [0.1, 0.15) is 28.8 Å². The molecule has 2 aromatic carbocycles. The third kappa shape index (κ3) is 3.82. The van der Waals surface area contributed by atoms with Gasteiger partial charge in [0.2, 0.25) is 0 Å². The van der Waals surface area contributed by atoms with Gasteiger partial charge in [0, 0.05) is 30.7 Å². The topological polar surface area (TPSA) is 35.2 Å². The summed E-state index contributed by atoms with van der Waals surface area (Å²) in [5.74, 6) is 0. The van der Waals surface area contributed by atoms with E-state index in [1.165, 1.54) is 35.4 Å². The molecular formula is C23H26N4S. The molecule has 0 atom stereocenters. The average molecular weight is 391 g/mol. The predicted octanol–water partition coefficient (Wildman–Crippen LogP) is 4.47. The minimum absolute atomic E-state index is 0.863. The van der Waals surface area contributed by atoms with Crippen LogP contribution in [0.2, 0.25) is 0 Å². The number of nitrogens with one attached hydrogen (secondary N) is 1. The van der Waals surface area contributed by atoms with Crippen LogP contribution in [0.25, 0.3) is 0 Å². The molecule has 1 aliphatic carbocycles. The molecule has 0 amide bonds. The molecule has 28 heavy (non-hydrogen) atoms. The third-order valence-corrected chi connectivity index (χ3v) is 6.91. The monoisotopic (exact) mass is 390 g/mol. The molecular weight excluding hydrogens is 364 g/mol. The van der Waals surface area contributed by atoms with Crippen molar-refractivity contribution in [1.82, 2.24) is 14.3 Å². The number of hydrogen-bond donors (Lipinski definition) is 1. The Bertz CT molecular complexity index is 923. The number of aryl methyl sites for hydroxylation is 2. The van der Waals surface area contributed by atoms with Crippen LogP contribution in [-0.4, -0.2) is 33.9 Å². The minimum atomic E-state index is 0.863. The van der Waals surface area contributed by atoms with Crippen molar-refractivity contribution < 1.29 is 0 Å². The standard InChI is InChI=1S/C23H26N4S/c1-2-5-18(6-3-1)9-10-27-12-11-26(16-21-15-24-17-25-21)22-13-19-7-4-8-20(19)14-23(22)28-27/h1-3,5-6,13-15,17H,4,7-12,16H2,(H,24,25). The van der Waals surface area contributed by atoms with Crippen molar-refractivity contribution in [3.05, 3.63) is 77.4 Å². The minimum Gasteiger partial charge on any atom is -0.363 e. The van der Waals surface area contributed by atoms with Crippen molar-refractivity contribution in [2.45, 2.75) is 37.1 Å². The quantitative estimate of drug-likeness (QED) is 0.652. The molecule has 5 rings (SSSR count). The summed E-state index contributed by atoms with van der Waals surface area (Å²) in [6.07, 6.45) is 8.62. The van der Waals surface area contributed by atoms with Crippen LogP contribution in [0.15, 0.2) is 59.9 Å². The van der Waals surface area contributed by atoms with Gasteiger partial charge >= 0.3 is 0 Å². The largest absolute Gasteiger partial charge is 0.363 e. The van der Waals surface area contributed by atoms with Crippen molar-refractivity contribution in [2.24, 2.45) is 0 Å². The molecule has 5 heteroatoms. The lowest BCUT2D eigenvalue weighted by Crippen LogP contribution is -2.30. The zero-order valence-corrected chi connectivity index (χ0v) is 16.9. The Balaban J connectivity index is 1.39. The van der Waals surface area contributed by atoms with Crippen LogP contribution in [0, 0.1) is 0 Å². The van der Waals surface area contributed by atoms with Crippen molar-refractivity contribution in [3.63, 3.8) is 0 Å². The molecule has 0 spiro atoms. The maximum absolute atomic E-state index is 4.46. The first-order valence-corrected chi connectivity index (χ1v) is 11.0. The van der Waals surface area contributed by atoms with E-state index in [1.807, 2.05) is 18.1 Å². The van der Waals surface area contributed by atoms with Crippen molar-refractivity contribution in [3.8, 4) is 0 Å². The van der Waals surface area contributed by atoms with E-state index in [-0.39, 0.29) is 0 Å². The first kappa shape index (κ1) is 17.8. The first-order valence-electron chi connectivity index (χ1n) is 10.2. The zero-order valence-electron chi connectivity index (χ0n) is 16.1. The molecule has 0 unspecified atom stereocenters. The number of imidazole rings is 1. The van der Waals surface area contributed by atoms with E-state index in [1.54, 1.807) is 17.5 Å². The fourth-order valence-corrected chi connectivity index (χ4v) is 5.35. The van der Waals surface area contributed by atoms with Gasteiger partial charge in [0.1, 0.15) is 0 Å². The Kier molecular flexibility index (Phi) is 5.10. The van der Waals surface area contributed by atoms with E-state index in [0.717, 1.165) is 38.3 Å². The van der Waals surface area contributed by atoms with Crippen LogP contribution in [0.4, 0.5) is 5.69 Å². The molecule has 0 saturated carbocycles. The van der Waals surface area contributed by atoms with E-state index in [2.05, 4.69) is 61.6 Å². The van der Waals surface area contributed by atoms with Gasteiger partial charge < -0.3 is 9.88 Å². The van der Waals surface area contributed by atoms with Gasteiger partial charge in [0.25, 0.3) is 0 Å². The summed E-state index contributed by atoms with van der Waals surface area (Å²) in [4.78, 5) is 11.5. The Labute approximate surface area is 171 Å². The van der Waals surface area contributed by atoms with Gasteiger partial charge in [-0.1, -0.05) is 30.3 Å². The summed E-state index contributed by atoms with van der Waals surface area (Å²) in [7, 11) is 0. The molecule has 3 aromatic rings. The van der Waals surface area contributed by atoms with Gasteiger partial charge in [0.15, 0.2) is 0 Å². The van der Waals surface area contributed by atoms with E-state index < -0.39 is 0 Å². The summed E-state index contributed by atoms with van der Waals surface area (Å²) >= 11 is 1.94. The first-order chi connectivity index (χ1) is 13.8. The lowest BCUT2D eigenvalue weighted by atomic mass is 10.1. The Morgan fingerprint density at radius 1 is 1.04 bits per heavy atom. The number of aromatic nitrogens is 2. The fourth-order valence-electron chi connectivity index (χ4n) is 4.24.